The van der Waals surface area contributed by atoms with Crippen LogP contribution in [0.2, 0.25) is 10.0 Å². The molecule has 0 radical (unpaired) electrons. The van der Waals surface area contributed by atoms with Crippen LogP contribution in [0.1, 0.15) is 55.7 Å². The van der Waals surface area contributed by atoms with Crippen LogP contribution in [0.5, 0.6) is 0 Å². The molecule has 2 rings (SSSR count). The average Bonchev–Trinajstić information content (AvgIpc) is 2.64. The van der Waals surface area contributed by atoms with Crippen LogP contribution in [-0.4, -0.2) is 27.6 Å². The van der Waals surface area contributed by atoms with E-state index in [0.29, 0.717) is 22.0 Å². The Labute approximate surface area is 239 Å². The van der Waals surface area contributed by atoms with Crippen LogP contribution in [0.3, 0.4) is 0 Å². The molecule has 2 aromatic rings. The number of carbonyl (C=O) groups is 2. The fourth-order valence-corrected chi connectivity index (χ4v) is 3.39. The molecule has 0 bridgehead atoms. The van der Waals surface area contributed by atoms with Gasteiger partial charge in [-0.1, -0.05) is 29.3 Å². The number of carboxylic acids is 1. The first-order valence-corrected chi connectivity index (χ1v) is 10.0. The van der Waals surface area contributed by atoms with Crippen molar-refractivity contribution in [2.75, 3.05) is 0 Å². The first-order valence-electron chi connectivity index (χ1n) is 9.27. The maximum atomic E-state index is 11.9. The third-order valence-corrected chi connectivity index (χ3v) is 4.71. The van der Waals surface area contributed by atoms with Crippen LogP contribution in [0.25, 0.3) is 12.2 Å². The number of nitrogens with zero attached hydrogens (tertiary/aromatic N) is 1. The number of rotatable bonds is 7. The quantitative estimate of drug-likeness (QED) is 0.203. The number of nitro groups is 1. The van der Waals surface area contributed by atoms with Crippen LogP contribution >= 0.6 is 23.2 Å². The van der Waals surface area contributed by atoms with Crippen molar-refractivity contribution in [3.63, 3.8) is 0 Å². The maximum Gasteiger partial charge on any atom is 1.00 e. The zero-order valence-electron chi connectivity index (χ0n) is 19.1. The van der Waals surface area contributed by atoms with E-state index in [0.717, 1.165) is 11.6 Å². The predicted octanol–water partition coefficient (Wildman–Crippen LogP) is 3.16. The van der Waals surface area contributed by atoms with Crippen LogP contribution < -0.4 is 51.4 Å². The van der Waals surface area contributed by atoms with Crippen molar-refractivity contribution in [3.8, 4) is 0 Å². The SMILES string of the molecule is CC(C)(C)OC(=O)CCc1cc(Cl)c(/C=C/c2ccc(C(=O)O)cc2[N+](=O)[O-])c(Cl)c1.[H-].[K+]. The number of ether oxygens (including phenoxy) is 1. The normalized spacial score (nSPS) is 11.2. The number of hydrogen-bond acceptors (Lipinski definition) is 5. The van der Waals surface area contributed by atoms with Gasteiger partial charge in [-0.05, 0) is 63.1 Å². The molecule has 2 aromatic carbocycles. The van der Waals surface area contributed by atoms with Gasteiger partial charge in [0.25, 0.3) is 5.69 Å². The van der Waals surface area contributed by atoms with E-state index in [1.54, 1.807) is 32.9 Å². The second kappa shape index (κ2) is 12.3. The summed E-state index contributed by atoms with van der Waals surface area (Å²) in [5.41, 5.74) is 0.297. The number of halogens is 2. The van der Waals surface area contributed by atoms with Gasteiger partial charge in [-0.15, -0.1) is 0 Å². The van der Waals surface area contributed by atoms with Crippen molar-refractivity contribution < 1.29 is 77.2 Å². The minimum atomic E-state index is -1.26. The molecule has 0 aliphatic rings. The van der Waals surface area contributed by atoms with Gasteiger partial charge in [0.05, 0.1) is 16.1 Å². The summed E-state index contributed by atoms with van der Waals surface area (Å²) in [6.45, 7) is 5.37. The van der Waals surface area contributed by atoms with Crippen LogP contribution in [0.4, 0.5) is 5.69 Å². The van der Waals surface area contributed by atoms with Gasteiger partial charge in [-0.2, -0.15) is 0 Å². The molecular weight excluding hydrogens is 484 g/mol. The Morgan fingerprint density at radius 1 is 1.16 bits per heavy atom. The first kappa shape index (κ1) is 28.8. The van der Waals surface area contributed by atoms with Crippen molar-refractivity contribution in [2.45, 2.75) is 39.2 Å². The Morgan fingerprint density at radius 2 is 1.75 bits per heavy atom. The Hall–Kier alpha value is -1.26. The number of aryl methyl sites for hydroxylation is 1. The molecule has 7 nitrogen and oxygen atoms in total. The number of aromatic carboxylic acids is 1. The Morgan fingerprint density at radius 3 is 2.25 bits per heavy atom. The van der Waals surface area contributed by atoms with Gasteiger partial charge < -0.3 is 11.3 Å². The molecular formula is C22H22Cl2KNO6. The van der Waals surface area contributed by atoms with E-state index in [2.05, 4.69) is 0 Å². The topological polar surface area (TPSA) is 107 Å². The zero-order chi connectivity index (χ0) is 23.3. The largest absolute Gasteiger partial charge is 1.00 e. The Balaban J connectivity index is 0.00000512. The monoisotopic (exact) mass is 505 g/mol. The van der Waals surface area contributed by atoms with Crippen LogP contribution in [-0.2, 0) is 16.0 Å². The minimum Gasteiger partial charge on any atom is -1.00 e. The summed E-state index contributed by atoms with van der Waals surface area (Å²) in [7, 11) is 0. The molecule has 0 unspecified atom stereocenters. The molecule has 0 saturated carbocycles. The van der Waals surface area contributed by atoms with E-state index in [9.17, 15) is 19.7 Å². The van der Waals surface area contributed by atoms with Crippen molar-refractivity contribution in [1.82, 2.24) is 0 Å². The molecule has 0 heterocycles. The Bertz CT molecular complexity index is 1050. The third kappa shape index (κ3) is 8.59. The summed E-state index contributed by atoms with van der Waals surface area (Å²) in [4.78, 5) is 33.6. The number of carboxylic acid groups (broad SMARTS) is 1. The van der Waals surface area contributed by atoms with Gasteiger partial charge in [0, 0.05) is 28.1 Å². The molecule has 0 aromatic heterocycles. The van der Waals surface area contributed by atoms with Crippen molar-refractivity contribution in [3.05, 3.63) is 72.7 Å². The molecule has 166 valence electrons. The number of esters is 1. The molecule has 32 heavy (non-hydrogen) atoms. The van der Waals surface area contributed by atoms with E-state index >= 15 is 0 Å². The molecule has 1 N–H and O–H groups in total. The van der Waals surface area contributed by atoms with E-state index in [4.69, 9.17) is 33.0 Å². The molecule has 0 amide bonds. The second-order valence-corrected chi connectivity index (χ2v) is 8.54. The molecule has 0 aliphatic heterocycles. The maximum absolute atomic E-state index is 11.9. The standard InChI is InChI=1S/C22H21Cl2NO6.K.H/c1-22(2,3)31-20(26)9-4-13-10-17(23)16(18(24)11-13)8-7-14-5-6-15(21(27)28)12-19(14)25(29)30;;/h5-8,10-12H,4,9H2,1-3H3,(H,27,28);;/q;+1;-1/b8-7+;;. The van der Waals surface area contributed by atoms with E-state index in [1.807, 2.05) is 0 Å². The number of nitro benzene ring substituents is 1. The summed E-state index contributed by atoms with van der Waals surface area (Å²) in [6.07, 6.45) is 3.52. The van der Waals surface area contributed by atoms with Crippen LogP contribution in [0, 0.1) is 10.1 Å². The summed E-state index contributed by atoms with van der Waals surface area (Å²) >= 11 is 12.7. The van der Waals surface area contributed by atoms with E-state index in [1.165, 1.54) is 24.3 Å². The second-order valence-electron chi connectivity index (χ2n) is 7.73. The smallest absolute Gasteiger partial charge is 1.00 e. The third-order valence-electron chi connectivity index (χ3n) is 4.08. The van der Waals surface area contributed by atoms with Crippen LogP contribution in [0.15, 0.2) is 30.3 Å². The fourth-order valence-electron chi connectivity index (χ4n) is 2.73. The molecule has 0 atom stereocenters. The molecule has 10 heteroatoms. The van der Waals surface area contributed by atoms with Gasteiger partial charge in [0.1, 0.15) is 5.60 Å². The van der Waals surface area contributed by atoms with Crippen molar-refractivity contribution in [2.24, 2.45) is 0 Å². The molecule has 0 spiro atoms. The van der Waals surface area contributed by atoms with Gasteiger partial charge in [0.2, 0.25) is 0 Å². The van der Waals surface area contributed by atoms with Crippen molar-refractivity contribution in [1.29, 1.82) is 0 Å². The van der Waals surface area contributed by atoms with E-state index in [-0.39, 0.29) is 82.0 Å². The number of benzene rings is 2. The number of hydrogen-bond donors (Lipinski definition) is 1. The van der Waals surface area contributed by atoms with Gasteiger partial charge in [-0.3, -0.25) is 14.9 Å². The van der Waals surface area contributed by atoms with E-state index < -0.39 is 16.5 Å². The minimum absolute atomic E-state index is 0. The molecule has 0 aliphatic carbocycles. The first-order chi connectivity index (χ1) is 14.4. The summed E-state index contributed by atoms with van der Waals surface area (Å²) in [5, 5.41) is 20.9. The Kier molecular flexibility index (Phi) is 11.0. The summed E-state index contributed by atoms with van der Waals surface area (Å²) < 4.78 is 5.28. The van der Waals surface area contributed by atoms with Gasteiger partial charge in [0.15, 0.2) is 0 Å². The van der Waals surface area contributed by atoms with Gasteiger partial charge >= 0.3 is 63.3 Å². The molecule has 0 saturated heterocycles. The van der Waals surface area contributed by atoms with Crippen molar-refractivity contribution >= 4 is 53.0 Å². The zero-order valence-corrected chi connectivity index (χ0v) is 22.8. The fraction of sp³-hybridized carbons (Fsp3) is 0.273. The summed E-state index contributed by atoms with van der Waals surface area (Å²) in [6, 6.07) is 6.94. The average molecular weight is 506 g/mol. The van der Waals surface area contributed by atoms with Gasteiger partial charge in [-0.25, -0.2) is 4.79 Å². The predicted molar refractivity (Wildman–Crippen MR) is 121 cm³/mol. The summed E-state index contributed by atoms with van der Waals surface area (Å²) in [5.74, 6) is -1.59. The number of carbonyl (C=O) groups excluding carboxylic acids is 1. The molecule has 0 fully saturated rings.